The van der Waals surface area contributed by atoms with Crippen LogP contribution in [0.2, 0.25) is 5.02 Å². The van der Waals surface area contributed by atoms with Crippen molar-refractivity contribution >= 4 is 23.5 Å². The molecule has 6 heteroatoms. The molecule has 0 saturated heterocycles. The Hall–Kier alpha value is -1.62. The normalized spacial score (nSPS) is 20.8. The van der Waals surface area contributed by atoms with Gasteiger partial charge in [-0.2, -0.15) is 0 Å². The zero-order valence-electron chi connectivity index (χ0n) is 12.0. The van der Waals surface area contributed by atoms with Crippen LogP contribution in [0, 0.1) is 16.6 Å². The minimum absolute atomic E-state index is 0.0253. The topological polar surface area (TPSA) is 66.4 Å². The number of rotatable bonds is 4. The van der Waals surface area contributed by atoms with Crippen LogP contribution in [0.25, 0.3) is 0 Å². The monoisotopic (exact) mass is 325 g/mol. The molecule has 4 nitrogen and oxygen atoms in total. The highest BCUT2D eigenvalue weighted by molar-refractivity contribution is 6.31. The molecule has 3 rings (SSSR count). The molecule has 0 bridgehead atoms. The molecule has 0 aromatic heterocycles. The summed E-state index contributed by atoms with van der Waals surface area (Å²) in [6.07, 6.45) is 3.92. The number of halogens is 2. The van der Waals surface area contributed by atoms with Crippen molar-refractivity contribution in [1.29, 1.82) is 0 Å². The Morgan fingerprint density at radius 2 is 2.00 bits per heavy atom. The Morgan fingerprint density at radius 1 is 1.32 bits per heavy atom. The van der Waals surface area contributed by atoms with Crippen LogP contribution in [-0.4, -0.2) is 17.0 Å². The Balaban J connectivity index is 1.68. The number of nitrogens with one attached hydrogen (secondary N) is 1. The van der Waals surface area contributed by atoms with Crippen LogP contribution in [-0.2, 0) is 16.1 Å². The molecule has 0 radical (unpaired) electrons. The van der Waals surface area contributed by atoms with Crippen molar-refractivity contribution in [3.63, 3.8) is 0 Å². The molecule has 0 unspecified atom stereocenters. The van der Waals surface area contributed by atoms with Gasteiger partial charge in [0, 0.05) is 6.54 Å². The van der Waals surface area contributed by atoms with Crippen molar-refractivity contribution in [3.8, 4) is 0 Å². The van der Waals surface area contributed by atoms with Gasteiger partial charge in [-0.05, 0) is 42.7 Å². The van der Waals surface area contributed by atoms with E-state index in [-0.39, 0.29) is 17.0 Å². The smallest absolute Gasteiger partial charge is 0.319 e. The van der Waals surface area contributed by atoms with Gasteiger partial charge in [0.05, 0.1) is 5.02 Å². The summed E-state index contributed by atoms with van der Waals surface area (Å²) in [5.74, 6) is -2.14. The maximum absolute atomic E-state index is 13.4. The summed E-state index contributed by atoms with van der Waals surface area (Å²) in [5, 5.41) is 12.0. The first-order chi connectivity index (χ1) is 10.4. The number of carboxylic acids is 1. The van der Waals surface area contributed by atoms with Crippen LogP contribution in [0.4, 0.5) is 4.39 Å². The van der Waals surface area contributed by atoms with Gasteiger partial charge in [0.25, 0.3) is 0 Å². The van der Waals surface area contributed by atoms with Gasteiger partial charge in [-0.15, -0.1) is 0 Å². The molecule has 1 aromatic carbocycles. The van der Waals surface area contributed by atoms with E-state index >= 15 is 0 Å². The number of amides is 1. The first kappa shape index (κ1) is 15.3. The minimum atomic E-state index is -1.33. The number of carboxylic acid groups (broad SMARTS) is 1. The lowest BCUT2D eigenvalue weighted by molar-refractivity contribution is -0.181. The molecular weight excluding hydrogens is 309 g/mol. The average molecular weight is 326 g/mol. The molecule has 1 spiro atoms. The lowest BCUT2D eigenvalue weighted by Crippen LogP contribution is -2.61. The third-order valence-corrected chi connectivity index (χ3v) is 5.51. The second-order valence-corrected chi connectivity index (χ2v) is 6.87. The highest BCUT2D eigenvalue weighted by Crippen LogP contribution is 2.64. The molecular formula is C16H17ClFNO3. The SMILES string of the molecule is O=C(O)C1(C(=O)NCc2cccc(F)c2Cl)CC2(CCC2)C1. The molecule has 1 amide bonds. The van der Waals surface area contributed by atoms with E-state index < -0.39 is 23.1 Å². The van der Waals surface area contributed by atoms with E-state index in [1.807, 2.05) is 0 Å². The van der Waals surface area contributed by atoms with Crippen molar-refractivity contribution in [3.05, 3.63) is 34.6 Å². The minimum Gasteiger partial charge on any atom is -0.480 e. The van der Waals surface area contributed by atoms with E-state index in [0.717, 1.165) is 19.3 Å². The number of benzene rings is 1. The quantitative estimate of drug-likeness (QED) is 0.836. The zero-order valence-corrected chi connectivity index (χ0v) is 12.8. The van der Waals surface area contributed by atoms with Crippen molar-refractivity contribution in [2.75, 3.05) is 0 Å². The molecule has 2 aliphatic carbocycles. The second kappa shape index (κ2) is 5.23. The van der Waals surface area contributed by atoms with Gasteiger partial charge >= 0.3 is 5.97 Å². The van der Waals surface area contributed by atoms with Gasteiger partial charge in [-0.1, -0.05) is 30.2 Å². The number of hydrogen-bond donors (Lipinski definition) is 2. The summed E-state index contributed by atoms with van der Waals surface area (Å²) < 4.78 is 13.4. The molecule has 2 aliphatic rings. The molecule has 118 valence electrons. The second-order valence-electron chi connectivity index (χ2n) is 6.49. The van der Waals surface area contributed by atoms with Crippen LogP contribution < -0.4 is 5.32 Å². The van der Waals surface area contributed by atoms with E-state index in [2.05, 4.69) is 5.32 Å². The van der Waals surface area contributed by atoms with Crippen molar-refractivity contribution < 1.29 is 19.1 Å². The highest BCUT2D eigenvalue weighted by atomic mass is 35.5. The zero-order chi connectivity index (χ0) is 16.0. The lowest BCUT2D eigenvalue weighted by atomic mass is 9.45. The van der Waals surface area contributed by atoms with Crippen LogP contribution in [0.5, 0.6) is 0 Å². The fourth-order valence-electron chi connectivity index (χ4n) is 3.70. The van der Waals surface area contributed by atoms with E-state index in [0.29, 0.717) is 18.4 Å². The van der Waals surface area contributed by atoms with Gasteiger partial charge in [0.2, 0.25) is 5.91 Å². The summed E-state index contributed by atoms with van der Waals surface area (Å²) in [4.78, 5) is 23.9. The van der Waals surface area contributed by atoms with Gasteiger partial charge in [0.15, 0.2) is 0 Å². The van der Waals surface area contributed by atoms with Crippen LogP contribution in [0.15, 0.2) is 18.2 Å². The molecule has 0 atom stereocenters. The summed E-state index contributed by atoms with van der Waals surface area (Å²) >= 11 is 5.84. The largest absolute Gasteiger partial charge is 0.480 e. The van der Waals surface area contributed by atoms with Gasteiger partial charge in [-0.3, -0.25) is 9.59 Å². The summed E-state index contributed by atoms with van der Waals surface area (Å²) in [5.41, 5.74) is -0.833. The van der Waals surface area contributed by atoms with Gasteiger partial charge < -0.3 is 10.4 Å². The van der Waals surface area contributed by atoms with Crippen molar-refractivity contribution in [2.24, 2.45) is 10.8 Å². The first-order valence-electron chi connectivity index (χ1n) is 7.33. The van der Waals surface area contributed by atoms with E-state index in [4.69, 9.17) is 11.6 Å². The Kier molecular flexibility index (Phi) is 3.63. The van der Waals surface area contributed by atoms with Crippen molar-refractivity contribution in [2.45, 2.75) is 38.6 Å². The fraction of sp³-hybridized carbons (Fsp3) is 0.500. The number of carbonyl (C=O) groups is 2. The third kappa shape index (κ3) is 2.28. The highest BCUT2D eigenvalue weighted by Gasteiger charge is 2.64. The molecule has 1 aromatic rings. The predicted molar refractivity (Wildman–Crippen MR) is 78.8 cm³/mol. The number of carbonyl (C=O) groups excluding carboxylic acids is 1. The average Bonchev–Trinajstić information content (AvgIpc) is 2.37. The number of hydrogen-bond acceptors (Lipinski definition) is 2. The Bertz CT molecular complexity index is 634. The molecule has 2 fully saturated rings. The van der Waals surface area contributed by atoms with Crippen LogP contribution >= 0.6 is 11.6 Å². The van der Waals surface area contributed by atoms with Gasteiger partial charge in [-0.25, -0.2) is 4.39 Å². The first-order valence-corrected chi connectivity index (χ1v) is 7.71. The summed E-state index contributed by atoms with van der Waals surface area (Å²) in [7, 11) is 0. The molecule has 22 heavy (non-hydrogen) atoms. The van der Waals surface area contributed by atoms with Crippen LogP contribution in [0.3, 0.4) is 0 Å². The van der Waals surface area contributed by atoms with Crippen molar-refractivity contribution in [1.82, 2.24) is 5.32 Å². The van der Waals surface area contributed by atoms with E-state index in [9.17, 15) is 19.1 Å². The third-order valence-electron chi connectivity index (χ3n) is 5.08. The maximum Gasteiger partial charge on any atom is 0.319 e. The number of aliphatic carboxylic acids is 1. The summed E-state index contributed by atoms with van der Waals surface area (Å²) in [6, 6.07) is 4.34. The molecule has 2 saturated carbocycles. The maximum atomic E-state index is 13.4. The van der Waals surface area contributed by atoms with Crippen LogP contribution in [0.1, 0.15) is 37.7 Å². The standard InChI is InChI=1S/C16H17ClFNO3/c17-12-10(3-1-4-11(12)18)7-19-13(20)16(14(21)22)8-15(9-16)5-2-6-15/h1,3-4H,2,5-9H2,(H,19,20)(H,21,22). The lowest BCUT2D eigenvalue weighted by Gasteiger charge is -2.58. The summed E-state index contributed by atoms with van der Waals surface area (Å²) in [6.45, 7) is 0.0253. The Morgan fingerprint density at radius 3 is 2.55 bits per heavy atom. The van der Waals surface area contributed by atoms with E-state index in [1.165, 1.54) is 12.1 Å². The Labute approximate surface area is 132 Å². The fourth-order valence-corrected chi connectivity index (χ4v) is 3.89. The molecule has 0 heterocycles. The molecule has 2 N–H and O–H groups in total. The van der Waals surface area contributed by atoms with Gasteiger partial charge in [0.1, 0.15) is 11.2 Å². The van der Waals surface area contributed by atoms with E-state index in [1.54, 1.807) is 6.07 Å². The predicted octanol–water partition coefficient (Wildman–Crippen LogP) is 3.13. The molecule has 0 aliphatic heterocycles.